The summed E-state index contributed by atoms with van der Waals surface area (Å²) in [5.41, 5.74) is 2.17. The van der Waals surface area contributed by atoms with Gasteiger partial charge in [-0.25, -0.2) is 0 Å². The van der Waals surface area contributed by atoms with Crippen molar-refractivity contribution in [3.63, 3.8) is 0 Å². The first-order chi connectivity index (χ1) is 9.70. The standard InChI is InChI=1S/C16H19N3O/c1-13-6-5-7-15(10-13)18-12-14(11-17)16(20)19-8-3-2-4-9-19/h5-7,10,12,18H,2-4,8-9H2,1H3/b14-12-. The molecule has 0 aromatic heterocycles. The molecule has 1 N–H and O–H groups in total. The summed E-state index contributed by atoms with van der Waals surface area (Å²) in [4.78, 5) is 14.0. The van der Waals surface area contributed by atoms with E-state index in [0.717, 1.165) is 43.6 Å². The van der Waals surface area contributed by atoms with E-state index >= 15 is 0 Å². The Morgan fingerprint density at radius 2 is 2.10 bits per heavy atom. The number of amides is 1. The number of hydrogen-bond acceptors (Lipinski definition) is 3. The molecule has 0 saturated carbocycles. The Bertz CT molecular complexity index is 551. The molecule has 1 aliphatic rings. The lowest BCUT2D eigenvalue weighted by Gasteiger charge is -2.26. The normalized spacial score (nSPS) is 15.6. The molecule has 0 spiro atoms. The Labute approximate surface area is 119 Å². The van der Waals surface area contributed by atoms with E-state index in [-0.39, 0.29) is 11.5 Å². The first kappa shape index (κ1) is 14.1. The third-order valence-corrected chi connectivity index (χ3v) is 3.40. The highest BCUT2D eigenvalue weighted by Crippen LogP contribution is 2.13. The molecular formula is C16H19N3O. The summed E-state index contributed by atoms with van der Waals surface area (Å²) in [7, 11) is 0. The van der Waals surface area contributed by atoms with Gasteiger partial charge in [0.2, 0.25) is 0 Å². The number of nitriles is 1. The Balaban J connectivity index is 2.05. The van der Waals surface area contributed by atoms with Crippen molar-refractivity contribution in [3.05, 3.63) is 41.6 Å². The second kappa shape index (κ2) is 6.76. The average Bonchev–Trinajstić information content (AvgIpc) is 2.48. The van der Waals surface area contributed by atoms with Gasteiger partial charge in [-0.3, -0.25) is 4.79 Å². The van der Waals surface area contributed by atoms with E-state index < -0.39 is 0 Å². The van der Waals surface area contributed by atoms with Crippen LogP contribution in [0.25, 0.3) is 0 Å². The summed E-state index contributed by atoms with van der Waals surface area (Å²) < 4.78 is 0. The fraction of sp³-hybridized carbons (Fsp3) is 0.375. The number of rotatable bonds is 3. The van der Waals surface area contributed by atoms with Crippen LogP contribution in [0.2, 0.25) is 0 Å². The van der Waals surface area contributed by atoms with Gasteiger partial charge in [-0.05, 0) is 43.9 Å². The molecule has 2 rings (SSSR count). The number of aryl methyl sites for hydroxylation is 1. The van der Waals surface area contributed by atoms with E-state index in [9.17, 15) is 4.79 Å². The topological polar surface area (TPSA) is 56.1 Å². The molecule has 1 heterocycles. The number of carbonyl (C=O) groups is 1. The van der Waals surface area contributed by atoms with Crippen LogP contribution < -0.4 is 5.32 Å². The fourth-order valence-electron chi connectivity index (χ4n) is 2.30. The molecule has 0 bridgehead atoms. The maximum Gasteiger partial charge on any atom is 0.266 e. The first-order valence-corrected chi connectivity index (χ1v) is 6.93. The van der Waals surface area contributed by atoms with E-state index in [4.69, 9.17) is 5.26 Å². The number of carbonyl (C=O) groups excluding carboxylic acids is 1. The molecule has 1 fully saturated rings. The molecule has 104 valence electrons. The van der Waals surface area contributed by atoms with Crippen LogP contribution in [0.3, 0.4) is 0 Å². The fourth-order valence-corrected chi connectivity index (χ4v) is 2.30. The van der Waals surface area contributed by atoms with Gasteiger partial charge in [0.25, 0.3) is 5.91 Å². The Kier molecular flexibility index (Phi) is 4.78. The van der Waals surface area contributed by atoms with E-state index in [2.05, 4.69) is 5.32 Å². The van der Waals surface area contributed by atoms with Gasteiger partial charge >= 0.3 is 0 Å². The maximum atomic E-state index is 12.2. The molecule has 0 atom stereocenters. The van der Waals surface area contributed by atoms with Crippen molar-refractivity contribution in [1.82, 2.24) is 4.90 Å². The predicted molar refractivity (Wildman–Crippen MR) is 78.9 cm³/mol. The van der Waals surface area contributed by atoms with Gasteiger partial charge in [0.05, 0.1) is 0 Å². The third kappa shape index (κ3) is 3.61. The summed E-state index contributed by atoms with van der Waals surface area (Å²) in [5, 5.41) is 12.2. The van der Waals surface area contributed by atoms with Gasteiger partial charge in [0.1, 0.15) is 11.6 Å². The van der Waals surface area contributed by atoms with Gasteiger partial charge < -0.3 is 10.2 Å². The van der Waals surface area contributed by atoms with Gasteiger partial charge in [0.15, 0.2) is 0 Å². The molecule has 4 heteroatoms. The summed E-state index contributed by atoms with van der Waals surface area (Å²) >= 11 is 0. The van der Waals surface area contributed by atoms with Gasteiger partial charge in [-0.1, -0.05) is 12.1 Å². The maximum absolute atomic E-state index is 12.2. The summed E-state index contributed by atoms with van der Waals surface area (Å²) in [6.45, 7) is 3.50. The third-order valence-electron chi connectivity index (χ3n) is 3.40. The van der Waals surface area contributed by atoms with Crippen molar-refractivity contribution in [3.8, 4) is 6.07 Å². The van der Waals surface area contributed by atoms with Gasteiger partial charge in [-0.2, -0.15) is 5.26 Å². The highest BCUT2D eigenvalue weighted by atomic mass is 16.2. The first-order valence-electron chi connectivity index (χ1n) is 6.93. The van der Waals surface area contributed by atoms with Crippen molar-refractivity contribution in [2.75, 3.05) is 18.4 Å². The van der Waals surface area contributed by atoms with Crippen LogP contribution in [0.5, 0.6) is 0 Å². The molecule has 1 aromatic rings. The molecule has 0 unspecified atom stereocenters. The number of piperidine rings is 1. The monoisotopic (exact) mass is 269 g/mol. The SMILES string of the molecule is Cc1cccc(N/C=C(/C#N)C(=O)N2CCCCC2)c1. The molecule has 1 aromatic carbocycles. The van der Waals surface area contributed by atoms with Crippen LogP contribution in [0.4, 0.5) is 5.69 Å². The lowest BCUT2D eigenvalue weighted by Crippen LogP contribution is -2.36. The number of benzene rings is 1. The zero-order valence-corrected chi connectivity index (χ0v) is 11.7. The number of nitrogens with one attached hydrogen (secondary N) is 1. The second-order valence-electron chi connectivity index (χ2n) is 5.04. The lowest BCUT2D eigenvalue weighted by molar-refractivity contribution is -0.127. The Morgan fingerprint density at radius 3 is 2.75 bits per heavy atom. The molecule has 1 saturated heterocycles. The van der Waals surface area contributed by atoms with Crippen LogP contribution >= 0.6 is 0 Å². The van der Waals surface area contributed by atoms with Crippen LogP contribution in [-0.4, -0.2) is 23.9 Å². The van der Waals surface area contributed by atoms with E-state index in [1.165, 1.54) is 6.20 Å². The van der Waals surface area contributed by atoms with Crippen LogP contribution in [0, 0.1) is 18.3 Å². The van der Waals surface area contributed by atoms with Crippen molar-refractivity contribution in [2.24, 2.45) is 0 Å². The number of anilines is 1. The molecule has 1 amide bonds. The number of nitrogens with zero attached hydrogens (tertiary/aromatic N) is 2. The predicted octanol–water partition coefficient (Wildman–Crippen LogP) is 2.83. The number of hydrogen-bond donors (Lipinski definition) is 1. The van der Waals surface area contributed by atoms with Crippen molar-refractivity contribution in [2.45, 2.75) is 26.2 Å². The van der Waals surface area contributed by atoms with Crippen LogP contribution in [0.1, 0.15) is 24.8 Å². The minimum Gasteiger partial charge on any atom is -0.360 e. The highest BCUT2D eigenvalue weighted by Gasteiger charge is 2.19. The zero-order chi connectivity index (χ0) is 14.4. The number of likely N-dealkylation sites (tertiary alicyclic amines) is 1. The Hall–Kier alpha value is -2.28. The quantitative estimate of drug-likeness (QED) is 0.678. The molecule has 4 nitrogen and oxygen atoms in total. The minimum atomic E-state index is -0.174. The Morgan fingerprint density at radius 1 is 1.35 bits per heavy atom. The second-order valence-corrected chi connectivity index (χ2v) is 5.04. The molecule has 1 aliphatic heterocycles. The van der Waals surface area contributed by atoms with Gasteiger partial charge in [0, 0.05) is 25.0 Å². The summed E-state index contributed by atoms with van der Waals surface area (Å²) in [5.74, 6) is -0.174. The van der Waals surface area contributed by atoms with E-state index in [0.29, 0.717) is 0 Å². The van der Waals surface area contributed by atoms with Crippen LogP contribution in [0.15, 0.2) is 36.0 Å². The molecule has 0 aliphatic carbocycles. The summed E-state index contributed by atoms with van der Waals surface area (Å²) in [6.07, 6.45) is 4.72. The zero-order valence-electron chi connectivity index (χ0n) is 11.7. The average molecular weight is 269 g/mol. The molecule has 20 heavy (non-hydrogen) atoms. The van der Waals surface area contributed by atoms with Crippen molar-refractivity contribution < 1.29 is 4.79 Å². The summed E-state index contributed by atoms with van der Waals surface area (Å²) in [6, 6.07) is 9.80. The van der Waals surface area contributed by atoms with Gasteiger partial charge in [-0.15, -0.1) is 0 Å². The molecular weight excluding hydrogens is 250 g/mol. The smallest absolute Gasteiger partial charge is 0.266 e. The lowest BCUT2D eigenvalue weighted by atomic mass is 10.1. The highest BCUT2D eigenvalue weighted by molar-refractivity contribution is 5.97. The molecule has 0 radical (unpaired) electrons. The largest absolute Gasteiger partial charge is 0.360 e. The van der Waals surface area contributed by atoms with E-state index in [1.807, 2.05) is 37.3 Å². The minimum absolute atomic E-state index is 0.161. The van der Waals surface area contributed by atoms with Crippen molar-refractivity contribution in [1.29, 1.82) is 5.26 Å². The van der Waals surface area contributed by atoms with Crippen LogP contribution in [-0.2, 0) is 4.79 Å². The van der Waals surface area contributed by atoms with E-state index in [1.54, 1.807) is 4.90 Å². The van der Waals surface area contributed by atoms with Crippen molar-refractivity contribution >= 4 is 11.6 Å².